The predicted octanol–water partition coefficient (Wildman–Crippen LogP) is 8.46. The van der Waals surface area contributed by atoms with E-state index in [-0.39, 0.29) is 0 Å². The molecular weight excluding hydrogens is 402 g/mol. The first kappa shape index (κ1) is 32.9. The molecule has 0 saturated carbocycles. The Bertz CT molecular complexity index is 311. The molecule has 0 heterocycles. The lowest BCUT2D eigenvalue weighted by Gasteiger charge is -2.22. The predicted molar refractivity (Wildman–Crippen MR) is 151 cm³/mol. The number of nitrogens with two attached hydrogens (primary N) is 1. The van der Waals surface area contributed by atoms with Crippen molar-refractivity contribution < 1.29 is 0 Å². The van der Waals surface area contributed by atoms with E-state index >= 15 is 0 Å². The van der Waals surface area contributed by atoms with Crippen molar-refractivity contribution >= 4 is 0 Å². The van der Waals surface area contributed by atoms with Crippen LogP contribution >= 0.6 is 0 Å². The third-order valence-electron chi connectivity index (χ3n) is 7.04. The van der Waals surface area contributed by atoms with Crippen molar-refractivity contribution in [2.75, 3.05) is 39.3 Å². The molecule has 3 N–H and O–H groups in total. The molecule has 0 aliphatic heterocycles. The average Bonchev–Trinajstić information content (AvgIpc) is 2.83. The average molecular weight is 468 g/mol. The Labute approximate surface area is 210 Å². The molecule has 0 atom stereocenters. The zero-order valence-corrected chi connectivity index (χ0v) is 23.3. The lowest BCUT2D eigenvalue weighted by Crippen LogP contribution is -2.30. The zero-order valence-electron chi connectivity index (χ0n) is 23.3. The van der Waals surface area contributed by atoms with Crippen molar-refractivity contribution in [1.29, 1.82) is 0 Å². The highest BCUT2D eigenvalue weighted by atomic mass is 15.1. The van der Waals surface area contributed by atoms with Gasteiger partial charge in [-0.2, -0.15) is 0 Å². The van der Waals surface area contributed by atoms with E-state index in [1.165, 1.54) is 154 Å². The monoisotopic (exact) mass is 468 g/mol. The van der Waals surface area contributed by atoms with Crippen molar-refractivity contribution in [3.8, 4) is 0 Å². The number of nitrogens with one attached hydrogen (secondary N) is 1. The fraction of sp³-hybridized carbons (Fsp3) is 1.00. The molecule has 0 aromatic carbocycles. The van der Waals surface area contributed by atoms with Gasteiger partial charge in [-0.3, -0.25) is 0 Å². The minimum absolute atomic E-state index is 0.802. The van der Waals surface area contributed by atoms with Gasteiger partial charge in [0.2, 0.25) is 0 Å². The van der Waals surface area contributed by atoms with Gasteiger partial charge in [-0.25, -0.2) is 0 Å². The molecular formula is C30H65N3. The summed E-state index contributed by atoms with van der Waals surface area (Å²) in [4.78, 5) is 2.76. The van der Waals surface area contributed by atoms with Crippen LogP contribution in [-0.4, -0.2) is 44.2 Å². The van der Waals surface area contributed by atoms with Gasteiger partial charge in [0.25, 0.3) is 0 Å². The van der Waals surface area contributed by atoms with E-state index in [1.807, 2.05) is 0 Å². The van der Waals surface area contributed by atoms with Gasteiger partial charge in [0.15, 0.2) is 0 Å². The first-order valence-electron chi connectivity index (χ1n) is 15.5. The Balaban J connectivity index is 3.79. The minimum atomic E-state index is 0.802. The third-order valence-corrected chi connectivity index (χ3v) is 7.04. The fourth-order valence-corrected chi connectivity index (χ4v) is 4.76. The molecule has 0 bridgehead atoms. The van der Waals surface area contributed by atoms with Crippen LogP contribution < -0.4 is 11.1 Å². The molecule has 0 radical (unpaired) electrons. The highest BCUT2D eigenvalue weighted by Crippen LogP contribution is 2.13. The lowest BCUT2D eigenvalue weighted by molar-refractivity contribution is 0.256. The number of hydrogen-bond acceptors (Lipinski definition) is 3. The Morgan fingerprint density at radius 1 is 0.424 bits per heavy atom. The molecule has 3 nitrogen and oxygen atoms in total. The molecule has 0 unspecified atom stereocenters. The maximum absolute atomic E-state index is 5.59. The van der Waals surface area contributed by atoms with Gasteiger partial charge in [-0.1, -0.05) is 129 Å². The molecule has 3 heteroatoms. The first-order chi connectivity index (χ1) is 16.3. The molecule has 0 aromatic rings. The third kappa shape index (κ3) is 28.0. The molecule has 200 valence electrons. The van der Waals surface area contributed by atoms with Gasteiger partial charge in [-0.05, 0) is 65.0 Å². The number of nitrogens with zero attached hydrogens (tertiary/aromatic N) is 1. The molecule has 0 fully saturated rings. The van der Waals surface area contributed by atoms with Crippen molar-refractivity contribution in [3.05, 3.63) is 0 Å². The zero-order chi connectivity index (χ0) is 24.1. The van der Waals surface area contributed by atoms with Gasteiger partial charge in [0, 0.05) is 0 Å². The van der Waals surface area contributed by atoms with E-state index < -0.39 is 0 Å². The fourth-order valence-electron chi connectivity index (χ4n) is 4.76. The van der Waals surface area contributed by atoms with Crippen LogP contribution in [0, 0.1) is 0 Å². The van der Waals surface area contributed by atoms with Gasteiger partial charge < -0.3 is 16.0 Å². The van der Waals surface area contributed by atoms with Crippen molar-refractivity contribution in [3.63, 3.8) is 0 Å². The van der Waals surface area contributed by atoms with Crippen LogP contribution in [0.25, 0.3) is 0 Å². The van der Waals surface area contributed by atoms with Crippen LogP contribution in [0.4, 0.5) is 0 Å². The van der Waals surface area contributed by atoms with E-state index in [2.05, 4.69) is 24.1 Å². The summed E-state index contributed by atoms with van der Waals surface area (Å²) >= 11 is 0. The summed E-state index contributed by atoms with van der Waals surface area (Å²) in [5.74, 6) is 0. The summed E-state index contributed by atoms with van der Waals surface area (Å²) in [7, 11) is 0. The van der Waals surface area contributed by atoms with E-state index in [0.717, 1.165) is 26.1 Å². The van der Waals surface area contributed by atoms with E-state index in [0.29, 0.717) is 0 Å². The normalized spacial score (nSPS) is 11.6. The number of hydrogen-bond donors (Lipinski definition) is 2. The highest BCUT2D eigenvalue weighted by Gasteiger charge is 2.05. The van der Waals surface area contributed by atoms with Crippen LogP contribution in [0.5, 0.6) is 0 Å². The smallest absolute Gasteiger partial charge is 0.000664 e. The number of rotatable bonds is 29. The summed E-state index contributed by atoms with van der Waals surface area (Å²) in [6.07, 6.45) is 31.1. The summed E-state index contributed by atoms with van der Waals surface area (Å²) in [5.41, 5.74) is 5.59. The molecule has 0 spiro atoms. The Kier molecular flexibility index (Phi) is 29.8. The second-order valence-corrected chi connectivity index (χ2v) is 10.5. The largest absolute Gasteiger partial charge is 0.330 e. The SMILES string of the molecule is CCCCCCCCCCCCN(CCCCCCCCCCCC)CCCNCCCN. The Morgan fingerprint density at radius 2 is 0.758 bits per heavy atom. The lowest BCUT2D eigenvalue weighted by atomic mass is 10.1. The summed E-state index contributed by atoms with van der Waals surface area (Å²) in [6.45, 7) is 11.5. The van der Waals surface area contributed by atoms with Gasteiger partial charge in [0.1, 0.15) is 0 Å². The number of unbranched alkanes of at least 4 members (excludes halogenated alkanes) is 18. The minimum Gasteiger partial charge on any atom is -0.330 e. The maximum atomic E-state index is 5.59. The molecule has 0 aliphatic rings. The maximum Gasteiger partial charge on any atom is -0.000664 e. The first-order valence-corrected chi connectivity index (χ1v) is 15.5. The Morgan fingerprint density at radius 3 is 1.15 bits per heavy atom. The molecule has 0 rings (SSSR count). The van der Waals surface area contributed by atoms with Crippen LogP contribution in [0.15, 0.2) is 0 Å². The van der Waals surface area contributed by atoms with E-state index in [4.69, 9.17) is 5.73 Å². The van der Waals surface area contributed by atoms with Gasteiger partial charge in [0.05, 0.1) is 0 Å². The molecule has 0 aliphatic carbocycles. The summed E-state index contributed by atoms with van der Waals surface area (Å²) in [5, 5.41) is 3.55. The topological polar surface area (TPSA) is 41.3 Å². The van der Waals surface area contributed by atoms with Crippen molar-refractivity contribution in [2.24, 2.45) is 5.73 Å². The quantitative estimate of drug-likeness (QED) is 0.108. The second kappa shape index (κ2) is 29.9. The van der Waals surface area contributed by atoms with Crippen LogP contribution in [-0.2, 0) is 0 Å². The molecule has 0 saturated heterocycles. The molecule has 0 amide bonds. The van der Waals surface area contributed by atoms with Gasteiger partial charge in [-0.15, -0.1) is 0 Å². The standard InChI is InChI=1S/C30H65N3/c1-3-5-7-9-11-13-15-17-19-21-28-33(30-24-27-32-26-23-25-31)29-22-20-18-16-14-12-10-8-6-4-2/h32H,3-31H2,1-2H3. The summed E-state index contributed by atoms with van der Waals surface area (Å²) < 4.78 is 0. The molecule has 33 heavy (non-hydrogen) atoms. The van der Waals surface area contributed by atoms with Crippen LogP contribution in [0.3, 0.4) is 0 Å². The van der Waals surface area contributed by atoms with Crippen LogP contribution in [0.2, 0.25) is 0 Å². The van der Waals surface area contributed by atoms with Crippen molar-refractivity contribution in [1.82, 2.24) is 10.2 Å². The summed E-state index contributed by atoms with van der Waals surface area (Å²) in [6, 6.07) is 0. The van der Waals surface area contributed by atoms with Crippen LogP contribution in [0.1, 0.15) is 155 Å². The highest BCUT2D eigenvalue weighted by molar-refractivity contribution is 4.61. The second-order valence-electron chi connectivity index (χ2n) is 10.5. The Hall–Kier alpha value is -0.120. The van der Waals surface area contributed by atoms with E-state index in [1.54, 1.807) is 0 Å². The van der Waals surface area contributed by atoms with E-state index in [9.17, 15) is 0 Å². The molecule has 0 aromatic heterocycles. The van der Waals surface area contributed by atoms with Gasteiger partial charge >= 0.3 is 0 Å². The van der Waals surface area contributed by atoms with Crippen molar-refractivity contribution in [2.45, 2.75) is 155 Å².